The van der Waals surface area contributed by atoms with Crippen molar-refractivity contribution in [3.05, 3.63) is 149 Å². The predicted octanol–water partition coefficient (Wildman–Crippen LogP) is 12.0. The van der Waals surface area contributed by atoms with E-state index in [4.69, 9.17) is 19.4 Å². The molecule has 0 unspecified atom stereocenters. The fourth-order valence-electron chi connectivity index (χ4n) is 8.65. The highest BCUT2D eigenvalue weighted by Gasteiger charge is 2.20. The van der Waals surface area contributed by atoms with Gasteiger partial charge < -0.3 is 4.42 Å². The van der Waals surface area contributed by atoms with Crippen LogP contribution in [0, 0.1) is 41.5 Å². The van der Waals surface area contributed by atoms with E-state index in [1.807, 2.05) is 6.07 Å². The molecule has 0 fully saturated rings. The van der Waals surface area contributed by atoms with E-state index in [-0.39, 0.29) is 0 Å². The Morgan fingerprint density at radius 3 is 1.68 bits per heavy atom. The maximum atomic E-state index is 6.44. The number of aryl methyl sites for hydroxylation is 6. The molecule has 256 valence electrons. The SMILES string of the molecule is Cc1cc(C)c(-c2cc(-c3c(C)cc(C)cc3C)nc(-c3ccc4oc5ccc(-n6c7ccccc7n7c8ccccc8nc67)cc5c4c3)n2)c(C)c1. The van der Waals surface area contributed by atoms with Crippen LogP contribution in [-0.2, 0) is 0 Å². The summed E-state index contributed by atoms with van der Waals surface area (Å²) in [4.78, 5) is 15.7. The normalized spacial score (nSPS) is 12.0. The number of benzene rings is 6. The number of hydrogen-bond donors (Lipinski definition) is 0. The van der Waals surface area contributed by atoms with Crippen LogP contribution < -0.4 is 0 Å². The molecule has 0 radical (unpaired) electrons. The van der Waals surface area contributed by atoms with Crippen molar-refractivity contribution in [3.8, 4) is 39.6 Å². The number of para-hydroxylation sites is 4. The second-order valence-electron chi connectivity index (χ2n) is 14.6. The number of fused-ring (bicyclic) bond motifs is 8. The number of aromatic nitrogens is 5. The van der Waals surface area contributed by atoms with Gasteiger partial charge in [0.25, 0.3) is 0 Å². The molecule has 0 aliphatic rings. The van der Waals surface area contributed by atoms with Gasteiger partial charge in [-0.15, -0.1) is 0 Å². The molecule has 0 spiro atoms. The van der Waals surface area contributed by atoms with E-state index in [9.17, 15) is 0 Å². The van der Waals surface area contributed by atoms with Crippen molar-refractivity contribution in [1.29, 1.82) is 0 Å². The van der Waals surface area contributed by atoms with Crippen LogP contribution in [-0.4, -0.2) is 23.9 Å². The van der Waals surface area contributed by atoms with E-state index in [1.54, 1.807) is 0 Å². The summed E-state index contributed by atoms with van der Waals surface area (Å²) >= 11 is 0. The molecule has 0 aliphatic carbocycles. The summed E-state index contributed by atoms with van der Waals surface area (Å²) in [5.74, 6) is 1.56. The van der Waals surface area contributed by atoms with E-state index in [1.165, 1.54) is 33.4 Å². The summed E-state index contributed by atoms with van der Waals surface area (Å²) in [5, 5.41) is 2.04. The summed E-state index contributed by atoms with van der Waals surface area (Å²) < 4.78 is 10.9. The Morgan fingerprint density at radius 1 is 0.491 bits per heavy atom. The molecule has 10 rings (SSSR count). The van der Waals surface area contributed by atoms with E-state index in [0.717, 1.165) is 83.5 Å². The molecule has 0 amide bonds. The zero-order valence-electron chi connectivity index (χ0n) is 30.6. The standard InChI is InChI=1S/C47H37N5O/c1-26-19-28(3)44(29(4)20-26)37-25-38(45-30(5)21-27(2)22-31(45)6)49-46(48-37)32-15-17-42-34(23-32)35-24-33(16-18-43(35)53-42)51-40-13-9-10-14-41(40)52-39-12-8-7-11-36(39)50-47(51)52/h7-25H,1-6H3. The summed E-state index contributed by atoms with van der Waals surface area (Å²) in [5.41, 5.74) is 19.3. The lowest BCUT2D eigenvalue weighted by Gasteiger charge is -2.16. The Hall–Kier alpha value is -6.53. The van der Waals surface area contributed by atoms with Crippen molar-refractivity contribution in [2.45, 2.75) is 41.5 Å². The van der Waals surface area contributed by atoms with Crippen LogP contribution in [0.1, 0.15) is 33.4 Å². The second kappa shape index (κ2) is 11.5. The van der Waals surface area contributed by atoms with Gasteiger partial charge in [-0.3, -0.25) is 8.97 Å². The average molecular weight is 688 g/mol. The van der Waals surface area contributed by atoms with Crippen LogP contribution in [0.3, 0.4) is 0 Å². The highest BCUT2D eigenvalue weighted by atomic mass is 16.3. The van der Waals surface area contributed by atoms with Crippen LogP contribution >= 0.6 is 0 Å². The number of furan rings is 1. The Morgan fingerprint density at radius 2 is 1.04 bits per heavy atom. The maximum Gasteiger partial charge on any atom is 0.220 e. The largest absolute Gasteiger partial charge is 0.456 e. The molecule has 0 saturated carbocycles. The number of nitrogens with zero attached hydrogens (tertiary/aromatic N) is 5. The minimum absolute atomic E-state index is 0.686. The van der Waals surface area contributed by atoms with Gasteiger partial charge in [0.15, 0.2) is 5.82 Å². The van der Waals surface area contributed by atoms with Crippen molar-refractivity contribution in [1.82, 2.24) is 23.9 Å². The van der Waals surface area contributed by atoms with Crippen LogP contribution in [0.25, 0.3) is 89.4 Å². The quantitative estimate of drug-likeness (QED) is 0.185. The van der Waals surface area contributed by atoms with Crippen molar-refractivity contribution in [3.63, 3.8) is 0 Å². The Bertz CT molecular complexity index is 3020. The molecule has 0 N–H and O–H groups in total. The lowest BCUT2D eigenvalue weighted by molar-refractivity contribution is 0.669. The van der Waals surface area contributed by atoms with Crippen LogP contribution in [0.5, 0.6) is 0 Å². The molecule has 0 saturated heterocycles. The van der Waals surface area contributed by atoms with Gasteiger partial charge in [0.05, 0.1) is 39.1 Å². The molecule has 53 heavy (non-hydrogen) atoms. The molecular weight excluding hydrogens is 651 g/mol. The molecular formula is C47H37N5O. The smallest absolute Gasteiger partial charge is 0.220 e. The van der Waals surface area contributed by atoms with Gasteiger partial charge in [0.1, 0.15) is 11.2 Å². The molecule has 0 aliphatic heterocycles. The first-order valence-corrected chi connectivity index (χ1v) is 18.1. The summed E-state index contributed by atoms with van der Waals surface area (Å²) in [6.45, 7) is 13.0. The Labute approximate surface area is 307 Å². The minimum Gasteiger partial charge on any atom is -0.456 e. The summed E-state index contributed by atoms with van der Waals surface area (Å²) in [6.07, 6.45) is 0. The zero-order valence-corrected chi connectivity index (χ0v) is 30.6. The zero-order chi connectivity index (χ0) is 36.1. The van der Waals surface area contributed by atoms with Crippen LogP contribution in [0.4, 0.5) is 0 Å². The van der Waals surface area contributed by atoms with Crippen molar-refractivity contribution < 1.29 is 4.42 Å². The lowest BCUT2D eigenvalue weighted by atomic mass is 9.93. The number of hydrogen-bond acceptors (Lipinski definition) is 4. The van der Waals surface area contributed by atoms with Gasteiger partial charge in [0.2, 0.25) is 5.78 Å². The van der Waals surface area contributed by atoms with Gasteiger partial charge in [-0.1, -0.05) is 59.7 Å². The number of rotatable bonds is 4. The Kier molecular flexibility index (Phi) is 6.77. The van der Waals surface area contributed by atoms with Crippen LogP contribution in [0.15, 0.2) is 120 Å². The molecule has 6 aromatic carbocycles. The first kappa shape index (κ1) is 31.2. The third-order valence-corrected chi connectivity index (χ3v) is 10.7. The van der Waals surface area contributed by atoms with E-state index >= 15 is 0 Å². The molecule has 0 bridgehead atoms. The molecule has 4 aromatic heterocycles. The van der Waals surface area contributed by atoms with Crippen molar-refractivity contribution in [2.24, 2.45) is 0 Å². The van der Waals surface area contributed by atoms with Gasteiger partial charge in [-0.05, 0) is 131 Å². The van der Waals surface area contributed by atoms with Crippen molar-refractivity contribution >= 4 is 49.8 Å². The first-order valence-electron chi connectivity index (χ1n) is 18.1. The highest BCUT2D eigenvalue weighted by molar-refractivity contribution is 6.07. The lowest BCUT2D eigenvalue weighted by Crippen LogP contribution is -2.00. The first-order chi connectivity index (χ1) is 25.7. The monoisotopic (exact) mass is 687 g/mol. The number of imidazole rings is 2. The highest BCUT2D eigenvalue weighted by Crippen LogP contribution is 2.38. The fourth-order valence-corrected chi connectivity index (χ4v) is 8.65. The topological polar surface area (TPSA) is 61.2 Å². The molecule has 6 nitrogen and oxygen atoms in total. The molecule has 6 heteroatoms. The average Bonchev–Trinajstić information content (AvgIpc) is 3.79. The van der Waals surface area contributed by atoms with Gasteiger partial charge in [-0.2, -0.15) is 0 Å². The van der Waals surface area contributed by atoms with Crippen molar-refractivity contribution in [2.75, 3.05) is 0 Å². The molecule has 4 heterocycles. The van der Waals surface area contributed by atoms with Gasteiger partial charge in [-0.25, -0.2) is 15.0 Å². The van der Waals surface area contributed by atoms with Crippen LogP contribution in [0.2, 0.25) is 0 Å². The third kappa shape index (κ3) is 4.82. The Balaban J connectivity index is 1.19. The summed E-state index contributed by atoms with van der Waals surface area (Å²) in [6, 6.07) is 40.6. The predicted molar refractivity (Wildman–Crippen MR) is 217 cm³/mol. The molecule has 10 aromatic rings. The van der Waals surface area contributed by atoms with Gasteiger partial charge in [0, 0.05) is 27.5 Å². The molecule has 0 atom stereocenters. The van der Waals surface area contributed by atoms with E-state index in [2.05, 4.69) is 160 Å². The third-order valence-electron chi connectivity index (χ3n) is 10.7. The van der Waals surface area contributed by atoms with Gasteiger partial charge >= 0.3 is 0 Å². The minimum atomic E-state index is 0.686. The van der Waals surface area contributed by atoms with E-state index in [0.29, 0.717) is 5.82 Å². The van der Waals surface area contributed by atoms with E-state index < -0.39 is 0 Å². The fraction of sp³-hybridized carbons (Fsp3) is 0.128. The maximum absolute atomic E-state index is 6.44. The summed E-state index contributed by atoms with van der Waals surface area (Å²) in [7, 11) is 0. The second-order valence-corrected chi connectivity index (χ2v) is 14.6.